The van der Waals surface area contributed by atoms with Gasteiger partial charge in [-0.2, -0.15) is 5.10 Å². The third kappa shape index (κ3) is 4.78. The van der Waals surface area contributed by atoms with Crippen molar-refractivity contribution in [1.29, 1.82) is 0 Å². The molecule has 0 saturated carbocycles. The first-order chi connectivity index (χ1) is 14.6. The Labute approximate surface area is 183 Å². The fraction of sp³-hybridized carbons (Fsp3) is 0.478. The maximum Gasteiger partial charge on any atom is 0.272 e. The lowest BCUT2D eigenvalue weighted by Gasteiger charge is -2.40. The normalized spacial score (nSPS) is 18.1. The van der Waals surface area contributed by atoms with E-state index in [0.29, 0.717) is 24.7 Å². The van der Waals surface area contributed by atoms with Gasteiger partial charge in [0.05, 0.1) is 6.54 Å². The summed E-state index contributed by atoms with van der Waals surface area (Å²) in [6, 6.07) is 9.36. The minimum atomic E-state index is -1.08. The molecule has 2 aromatic rings. The molecule has 8 heteroatoms. The van der Waals surface area contributed by atoms with Crippen molar-refractivity contribution in [2.24, 2.45) is 5.92 Å². The number of hydrogen-bond acceptors (Lipinski definition) is 4. The molecule has 0 unspecified atom stereocenters. The molecule has 2 N–H and O–H groups in total. The maximum atomic E-state index is 12.9. The topological polar surface area (TPSA) is 96.3 Å². The van der Waals surface area contributed by atoms with Gasteiger partial charge in [0.25, 0.3) is 11.8 Å². The lowest BCUT2D eigenvalue weighted by Crippen LogP contribution is -2.62. The smallest absolute Gasteiger partial charge is 0.272 e. The third-order valence-corrected chi connectivity index (χ3v) is 5.80. The van der Waals surface area contributed by atoms with Crippen LogP contribution < -0.4 is 10.6 Å². The first-order valence-corrected chi connectivity index (χ1v) is 10.6. The van der Waals surface area contributed by atoms with Crippen LogP contribution in [0.5, 0.6) is 0 Å². The summed E-state index contributed by atoms with van der Waals surface area (Å²) < 4.78 is 1.46. The average Bonchev–Trinajstić information content (AvgIpc) is 3.15. The molecule has 8 nitrogen and oxygen atoms in total. The molecular formula is C23H31N5O3. The molecule has 0 spiro atoms. The Morgan fingerprint density at radius 3 is 2.52 bits per heavy atom. The molecule has 3 rings (SSSR count). The van der Waals surface area contributed by atoms with Crippen molar-refractivity contribution >= 4 is 17.7 Å². The largest absolute Gasteiger partial charge is 0.354 e. The van der Waals surface area contributed by atoms with Crippen molar-refractivity contribution in [3.8, 4) is 0 Å². The van der Waals surface area contributed by atoms with E-state index in [2.05, 4.69) is 29.6 Å². The summed E-state index contributed by atoms with van der Waals surface area (Å²) in [7, 11) is 1.61. The molecule has 1 aromatic carbocycles. The number of carbonyl (C=O) groups excluding carboxylic acids is 3. The Kier molecular flexibility index (Phi) is 6.48. The molecule has 1 aliphatic heterocycles. The highest BCUT2D eigenvalue weighted by atomic mass is 16.2. The maximum absolute atomic E-state index is 12.9. The zero-order valence-corrected chi connectivity index (χ0v) is 18.9. The van der Waals surface area contributed by atoms with E-state index in [1.807, 2.05) is 31.2 Å². The number of amides is 3. The van der Waals surface area contributed by atoms with Gasteiger partial charge in [0.2, 0.25) is 5.91 Å². The van der Waals surface area contributed by atoms with Gasteiger partial charge in [-0.15, -0.1) is 0 Å². The Balaban J connectivity index is 1.72. The van der Waals surface area contributed by atoms with E-state index in [-0.39, 0.29) is 30.0 Å². The lowest BCUT2D eigenvalue weighted by molar-refractivity contribution is -0.132. The van der Waals surface area contributed by atoms with E-state index in [9.17, 15) is 14.4 Å². The van der Waals surface area contributed by atoms with E-state index in [1.54, 1.807) is 14.0 Å². The number of carbonyl (C=O) groups is 3. The van der Waals surface area contributed by atoms with E-state index < -0.39 is 5.54 Å². The molecule has 0 fully saturated rings. The summed E-state index contributed by atoms with van der Waals surface area (Å²) >= 11 is 0. The predicted molar refractivity (Wildman–Crippen MR) is 118 cm³/mol. The quantitative estimate of drug-likeness (QED) is 0.710. The van der Waals surface area contributed by atoms with Crippen LogP contribution in [0.1, 0.15) is 59.3 Å². The molecule has 1 aliphatic rings. The number of rotatable bonds is 7. The monoisotopic (exact) mass is 425 g/mol. The highest BCUT2D eigenvalue weighted by Gasteiger charge is 2.46. The van der Waals surface area contributed by atoms with Gasteiger partial charge in [-0.05, 0) is 31.7 Å². The third-order valence-electron chi connectivity index (χ3n) is 5.80. The van der Waals surface area contributed by atoms with Crippen LogP contribution >= 0.6 is 0 Å². The van der Waals surface area contributed by atoms with Gasteiger partial charge in [-0.1, -0.05) is 43.7 Å². The van der Waals surface area contributed by atoms with Crippen molar-refractivity contribution in [3.05, 3.63) is 52.8 Å². The van der Waals surface area contributed by atoms with Gasteiger partial charge in [0, 0.05) is 26.2 Å². The van der Waals surface area contributed by atoms with Crippen LogP contribution in [0.2, 0.25) is 0 Å². The Morgan fingerprint density at radius 2 is 1.87 bits per heavy atom. The fourth-order valence-corrected chi connectivity index (χ4v) is 3.48. The number of nitrogens with zero attached hydrogens (tertiary/aromatic N) is 3. The van der Waals surface area contributed by atoms with Gasteiger partial charge in [-0.25, -0.2) is 0 Å². The fourth-order valence-electron chi connectivity index (χ4n) is 3.48. The first-order valence-electron chi connectivity index (χ1n) is 10.6. The molecule has 3 amide bonds. The van der Waals surface area contributed by atoms with Crippen molar-refractivity contribution in [1.82, 2.24) is 25.3 Å². The van der Waals surface area contributed by atoms with Gasteiger partial charge in [-0.3, -0.25) is 19.1 Å². The molecule has 31 heavy (non-hydrogen) atoms. The highest BCUT2D eigenvalue weighted by Crippen LogP contribution is 2.26. The zero-order valence-electron chi connectivity index (χ0n) is 18.9. The average molecular weight is 426 g/mol. The number of fused-ring (bicyclic) bond motifs is 1. The second-order valence-corrected chi connectivity index (χ2v) is 8.82. The van der Waals surface area contributed by atoms with E-state index in [4.69, 9.17) is 0 Å². The molecule has 0 radical (unpaired) electrons. The second kappa shape index (κ2) is 8.91. The zero-order chi connectivity index (χ0) is 22.8. The van der Waals surface area contributed by atoms with E-state index in [1.165, 1.54) is 15.6 Å². The van der Waals surface area contributed by atoms with Gasteiger partial charge < -0.3 is 15.5 Å². The summed E-state index contributed by atoms with van der Waals surface area (Å²) in [4.78, 5) is 39.8. The van der Waals surface area contributed by atoms with Crippen LogP contribution in [0.3, 0.4) is 0 Å². The molecule has 166 valence electrons. The van der Waals surface area contributed by atoms with E-state index in [0.717, 1.165) is 17.5 Å². The minimum Gasteiger partial charge on any atom is -0.354 e. The standard InChI is InChI=1S/C23H31N5O3/c1-15(2)10-11-24-22(31)23(4)14-28-19(21(30)27(23)5)12-18(26-28)20(29)25-13-17-8-6-16(3)7-9-17/h6-9,12,15H,10-11,13-14H2,1-5H3,(H,24,31)(H,25,29)/t23-/m0/s1. The van der Waals surface area contributed by atoms with Crippen molar-refractivity contribution < 1.29 is 14.4 Å². The Bertz CT molecular complexity index is 980. The van der Waals surface area contributed by atoms with Crippen LogP contribution in [0.15, 0.2) is 30.3 Å². The molecule has 0 aliphatic carbocycles. The number of nitrogens with one attached hydrogen (secondary N) is 2. The van der Waals surface area contributed by atoms with Crippen molar-refractivity contribution in [2.75, 3.05) is 13.6 Å². The van der Waals surface area contributed by atoms with Gasteiger partial charge in [0.1, 0.15) is 11.2 Å². The predicted octanol–water partition coefficient (Wildman–Crippen LogP) is 2.13. The minimum absolute atomic E-state index is 0.160. The van der Waals surface area contributed by atoms with Crippen LogP contribution in [0.25, 0.3) is 0 Å². The summed E-state index contributed by atoms with van der Waals surface area (Å²) in [6.45, 7) is 9.00. The molecule has 0 saturated heterocycles. The summed E-state index contributed by atoms with van der Waals surface area (Å²) in [5.74, 6) is -0.452. The second-order valence-electron chi connectivity index (χ2n) is 8.82. The molecular weight excluding hydrogens is 394 g/mol. The van der Waals surface area contributed by atoms with Gasteiger partial charge >= 0.3 is 0 Å². The molecule has 2 heterocycles. The SMILES string of the molecule is Cc1ccc(CNC(=O)c2cc3n(n2)C[C@@](C)(C(=O)NCCC(C)C)N(C)C3=O)cc1. The number of hydrogen-bond donors (Lipinski definition) is 2. The number of benzene rings is 1. The molecule has 0 bridgehead atoms. The molecule has 1 atom stereocenters. The first kappa shape index (κ1) is 22.5. The highest BCUT2D eigenvalue weighted by molar-refractivity contribution is 6.01. The Hall–Kier alpha value is -3.16. The van der Waals surface area contributed by atoms with Crippen molar-refractivity contribution in [3.63, 3.8) is 0 Å². The summed E-state index contributed by atoms with van der Waals surface area (Å²) in [5, 5.41) is 10.1. The van der Waals surface area contributed by atoms with Gasteiger partial charge in [0.15, 0.2) is 5.69 Å². The number of aromatic nitrogens is 2. The number of likely N-dealkylation sites (N-methyl/N-ethyl adjacent to an activating group) is 1. The van der Waals surface area contributed by atoms with Crippen LogP contribution in [-0.4, -0.2) is 51.5 Å². The lowest BCUT2D eigenvalue weighted by atomic mass is 9.95. The Morgan fingerprint density at radius 1 is 1.19 bits per heavy atom. The summed E-state index contributed by atoms with van der Waals surface area (Å²) in [5.41, 5.74) is 1.51. The summed E-state index contributed by atoms with van der Waals surface area (Å²) in [6.07, 6.45) is 0.859. The van der Waals surface area contributed by atoms with E-state index >= 15 is 0 Å². The van der Waals surface area contributed by atoms with Crippen LogP contribution in [0.4, 0.5) is 0 Å². The van der Waals surface area contributed by atoms with Crippen LogP contribution in [-0.2, 0) is 17.9 Å². The van der Waals surface area contributed by atoms with Crippen molar-refractivity contribution in [2.45, 2.75) is 52.7 Å². The molecule has 1 aromatic heterocycles. The van der Waals surface area contributed by atoms with Crippen LogP contribution in [0, 0.1) is 12.8 Å². The number of aryl methyl sites for hydroxylation is 1.